The van der Waals surface area contributed by atoms with Gasteiger partial charge in [0.15, 0.2) is 0 Å². The van der Waals surface area contributed by atoms with Crippen molar-refractivity contribution in [2.24, 2.45) is 0 Å². The summed E-state index contributed by atoms with van der Waals surface area (Å²) in [4.78, 5) is 33.7. The molecule has 2 heterocycles. The monoisotopic (exact) mass is 299 g/mol. The fourth-order valence-electron chi connectivity index (χ4n) is 1.90. The number of pyridine rings is 2. The van der Waals surface area contributed by atoms with Gasteiger partial charge >= 0.3 is 11.9 Å². The molecular weight excluding hydrogens is 282 g/mol. The first-order valence-corrected chi connectivity index (χ1v) is 6.96. The maximum absolute atomic E-state index is 12.2. The predicted molar refractivity (Wildman–Crippen MR) is 79.4 cm³/mol. The van der Waals surface area contributed by atoms with Crippen LogP contribution in [0.1, 0.15) is 18.3 Å². The fourth-order valence-corrected chi connectivity index (χ4v) is 1.90. The summed E-state index contributed by atoms with van der Waals surface area (Å²) in [5.41, 5.74) is 1.38. The zero-order chi connectivity index (χ0) is 15.8. The second-order valence-corrected chi connectivity index (χ2v) is 4.52. The van der Waals surface area contributed by atoms with Crippen LogP contribution in [-0.2, 0) is 27.4 Å². The van der Waals surface area contributed by atoms with Crippen molar-refractivity contribution in [2.45, 2.75) is 20.0 Å². The lowest BCUT2D eigenvalue weighted by Crippen LogP contribution is -2.37. The number of aromatic nitrogens is 2. The van der Waals surface area contributed by atoms with E-state index >= 15 is 0 Å². The number of esters is 1. The summed E-state index contributed by atoms with van der Waals surface area (Å²) in [6, 6.07) is 10.8. The second kappa shape index (κ2) is 7.87. The van der Waals surface area contributed by atoms with Crippen molar-refractivity contribution in [3.63, 3.8) is 0 Å². The van der Waals surface area contributed by atoms with Gasteiger partial charge < -0.3 is 9.64 Å². The molecule has 0 saturated carbocycles. The van der Waals surface area contributed by atoms with E-state index in [4.69, 9.17) is 4.74 Å². The molecule has 0 radical (unpaired) electrons. The molecule has 2 aromatic rings. The van der Waals surface area contributed by atoms with Crippen molar-refractivity contribution < 1.29 is 14.3 Å². The Bertz CT molecular complexity index is 576. The molecule has 0 spiro atoms. The van der Waals surface area contributed by atoms with Crippen LogP contribution < -0.4 is 0 Å². The third-order valence-electron chi connectivity index (χ3n) is 2.90. The average molecular weight is 299 g/mol. The summed E-state index contributed by atoms with van der Waals surface area (Å²) in [6.07, 6.45) is 3.28. The van der Waals surface area contributed by atoms with Crippen LogP contribution in [0.3, 0.4) is 0 Å². The summed E-state index contributed by atoms with van der Waals surface area (Å²) in [5, 5.41) is 0. The largest absolute Gasteiger partial charge is 0.459 e. The molecule has 0 aliphatic rings. The molecule has 6 nitrogen and oxygen atoms in total. The van der Waals surface area contributed by atoms with E-state index in [1.807, 2.05) is 12.1 Å². The van der Waals surface area contributed by atoms with Crippen LogP contribution in [0.4, 0.5) is 0 Å². The third kappa shape index (κ3) is 4.37. The van der Waals surface area contributed by atoms with E-state index in [9.17, 15) is 9.59 Å². The van der Waals surface area contributed by atoms with Crippen LogP contribution in [0.15, 0.2) is 48.8 Å². The fraction of sp³-hybridized carbons (Fsp3) is 0.250. The van der Waals surface area contributed by atoms with Crippen LogP contribution in [0.2, 0.25) is 0 Å². The molecule has 6 heteroatoms. The number of hydrogen-bond donors (Lipinski definition) is 0. The van der Waals surface area contributed by atoms with Gasteiger partial charge in [-0.15, -0.1) is 0 Å². The number of amides is 1. The number of carbonyl (C=O) groups is 2. The Morgan fingerprint density at radius 2 is 1.55 bits per heavy atom. The Labute approximate surface area is 128 Å². The molecule has 0 atom stereocenters. The van der Waals surface area contributed by atoms with Crippen molar-refractivity contribution in [1.29, 1.82) is 0 Å². The van der Waals surface area contributed by atoms with E-state index < -0.39 is 11.9 Å². The predicted octanol–water partition coefficient (Wildman–Crippen LogP) is 1.57. The molecule has 1 amide bonds. The number of hydrogen-bond acceptors (Lipinski definition) is 5. The van der Waals surface area contributed by atoms with Gasteiger partial charge in [0.1, 0.15) is 0 Å². The molecule has 0 fully saturated rings. The molecule has 2 aromatic heterocycles. The van der Waals surface area contributed by atoms with Crippen LogP contribution in [0.5, 0.6) is 0 Å². The van der Waals surface area contributed by atoms with Crippen molar-refractivity contribution >= 4 is 11.9 Å². The normalized spacial score (nSPS) is 10.0. The van der Waals surface area contributed by atoms with E-state index in [1.165, 1.54) is 4.90 Å². The minimum atomic E-state index is -0.866. The van der Waals surface area contributed by atoms with Gasteiger partial charge in [0.25, 0.3) is 0 Å². The molecule has 0 bridgehead atoms. The minimum absolute atomic E-state index is 0.158. The quantitative estimate of drug-likeness (QED) is 0.619. The summed E-state index contributed by atoms with van der Waals surface area (Å²) >= 11 is 0. The average Bonchev–Trinajstić information content (AvgIpc) is 2.56. The number of rotatable bonds is 5. The lowest BCUT2D eigenvalue weighted by molar-refractivity contribution is -0.160. The third-order valence-corrected chi connectivity index (χ3v) is 2.90. The molecule has 0 N–H and O–H groups in total. The van der Waals surface area contributed by atoms with E-state index in [1.54, 1.807) is 43.6 Å². The molecule has 0 saturated heterocycles. The van der Waals surface area contributed by atoms with Gasteiger partial charge in [-0.25, -0.2) is 4.79 Å². The number of carbonyl (C=O) groups excluding carboxylic acids is 2. The van der Waals surface area contributed by atoms with Crippen molar-refractivity contribution in [3.05, 3.63) is 60.2 Å². The molecule has 2 rings (SSSR count). The van der Waals surface area contributed by atoms with Gasteiger partial charge in [-0.2, -0.15) is 0 Å². The first-order chi connectivity index (χ1) is 10.7. The molecule has 22 heavy (non-hydrogen) atoms. The molecule has 0 aromatic carbocycles. The van der Waals surface area contributed by atoms with Gasteiger partial charge in [-0.05, 0) is 31.2 Å². The van der Waals surface area contributed by atoms with Crippen molar-refractivity contribution in [2.75, 3.05) is 6.61 Å². The van der Waals surface area contributed by atoms with E-state index in [2.05, 4.69) is 9.97 Å². The Kier molecular flexibility index (Phi) is 5.59. The van der Waals surface area contributed by atoms with Gasteiger partial charge in [0, 0.05) is 12.4 Å². The standard InChI is InChI=1S/C16H17N3O3/c1-2-22-16(21)15(20)19(11-13-7-3-5-9-17-13)12-14-8-4-6-10-18-14/h3-10H,2,11-12H2,1H3. The Balaban J connectivity index is 2.16. The van der Waals surface area contributed by atoms with Crippen molar-refractivity contribution in [3.8, 4) is 0 Å². The van der Waals surface area contributed by atoms with Crippen LogP contribution in [0, 0.1) is 0 Å². The second-order valence-electron chi connectivity index (χ2n) is 4.52. The lowest BCUT2D eigenvalue weighted by Gasteiger charge is -2.20. The Hall–Kier alpha value is -2.76. The Morgan fingerprint density at radius 3 is 1.95 bits per heavy atom. The van der Waals surface area contributed by atoms with Gasteiger partial charge in [-0.1, -0.05) is 12.1 Å². The number of ether oxygens (including phenoxy) is 1. The molecule has 0 aliphatic heterocycles. The summed E-state index contributed by atoms with van der Waals surface area (Å²) < 4.78 is 4.79. The summed E-state index contributed by atoms with van der Waals surface area (Å²) in [6.45, 7) is 2.25. The van der Waals surface area contributed by atoms with Crippen LogP contribution in [-0.4, -0.2) is 33.4 Å². The van der Waals surface area contributed by atoms with Crippen LogP contribution >= 0.6 is 0 Å². The zero-order valence-corrected chi connectivity index (χ0v) is 12.3. The maximum atomic E-state index is 12.2. The SMILES string of the molecule is CCOC(=O)C(=O)N(Cc1ccccn1)Cc1ccccn1. The highest BCUT2D eigenvalue weighted by molar-refractivity contribution is 6.32. The highest BCUT2D eigenvalue weighted by Crippen LogP contribution is 2.08. The van der Waals surface area contributed by atoms with E-state index in [-0.39, 0.29) is 19.7 Å². The Morgan fingerprint density at radius 1 is 1.00 bits per heavy atom. The topological polar surface area (TPSA) is 72.4 Å². The minimum Gasteiger partial charge on any atom is -0.459 e. The first-order valence-electron chi connectivity index (χ1n) is 6.96. The highest BCUT2D eigenvalue weighted by atomic mass is 16.5. The van der Waals surface area contributed by atoms with E-state index in [0.29, 0.717) is 11.4 Å². The molecule has 0 unspecified atom stereocenters. The van der Waals surface area contributed by atoms with Gasteiger partial charge in [0.2, 0.25) is 0 Å². The zero-order valence-electron chi connectivity index (χ0n) is 12.3. The smallest absolute Gasteiger partial charge is 0.397 e. The molecular formula is C16H17N3O3. The first kappa shape index (κ1) is 15.6. The van der Waals surface area contributed by atoms with Crippen molar-refractivity contribution in [1.82, 2.24) is 14.9 Å². The van der Waals surface area contributed by atoms with Gasteiger partial charge in [0.05, 0.1) is 31.1 Å². The van der Waals surface area contributed by atoms with Gasteiger partial charge in [-0.3, -0.25) is 14.8 Å². The highest BCUT2D eigenvalue weighted by Gasteiger charge is 2.24. The molecule has 0 aliphatic carbocycles. The van der Waals surface area contributed by atoms with Crippen LogP contribution in [0.25, 0.3) is 0 Å². The summed E-state index contributed by atoms with van der Waals surface area (Å²) in [7, 11) is 0. The number of nitrogens with zero attached hydrogens (tertiary/aromatic N) is 3. The maximum Gasteiger partial charge on any atom is 0.397 e. The summed E-state index contributed by atoms with van der Waals surface area (Å²) in [5.74, 6) is -1.56. The molecule has 114 valence electrons. The lowest BCUT2D eigenvalue weighted by atomic mass is 10.3. The van der Waals surface area contributed by atoms with E-state index in [0.717, 1.165) is 0 Å².